The Hall–Kier alpha value is -0.0800. The smallest absolute Gasteiger partial charge is 0.0198 e. The van der Waals surface area contributed by atoms with Crippen LogP contribution in [0.1, 0.15) is 52.9 Å². The zero-order valence-corrected chi connectivity index (χ0v) is 11.9. The fourth-order valence-electron chi connectivity index (χ4n) is 3.66. The summed E-state index contributed by atoms with van der Waals surface area (Å²) in [7, 11) is 0. The number of likely N-dealkylation sites (N-methyl/N-ethyl adjacent to an activating group) is 1. The van der Waals surface area contributed by atoms with Crippen LogP contribution in [-0.2, 0) is 0 Å². The Morgan fingerprint density at radius 2 is 1.88 bits per heavy atom. The predicted octanol–water partition coefficient (Wildman–Crippen LogP) is 2.89. The van der Waals surface area contributed by atoms with Crippen LogP contribution in [0.5, 0.6) is 0 Å². The lowest BCUT2D eigenvalue weighted by Crippen LogP contribution is -2.53. The third-order valence-corrected chi connectivity index (χ3v) is 4.79. The van der Waals surface area contributed by atoms with E-state index in [9.17, 15) is 0 Å². The van der Waals surface area contributed by atoms with Crippen molar-refractivity contribution in [2.24, 2.45) is 11.8 Å². The average molecular weight is 238 g/mol. The quantitative estimate of drug-likeness (QED) is 0.810. The SMILES string of the molecule is CCNC1CC(C(C)C)CN(C2CCCC2)C1. The van der Waals surface area contributed by atoms with Crippen LogP contribution in [0, 0.1) is 11.8 Å². The maximum atomic E-state index is 3.68. The van der Waals surface area contributed by atoms with Gasteiger partial charge in [0.25, 0.3) is 0 Å². The van der Waals surface area contributed by atoms with E-state index in [1.807, 2.05) is 0 Å². The molecule has 1 aliphatic heterocycles. The summed E-state index contributed by atoms with van der Waals surface area (Å²) in [6.45, 7) is 10.8. The van der Waals surface area contributed by atoms with Crippen molar-refractivity contribution in [2.45, 2.75) is 65.0 Å². The van der Waals surface area contributed by atoms with E-state index in [1.165, 1.54) is 45.2 Å². The van der Waals surface area contributed by atoms with E-state index in [4.69, 9.17) is 0 Å². The van der Waals surface area contributed by atoms with Crippen LogP contribution in [0.25, 0.3) is 0 Å². The molecule has 0 aromatic heterocycles. The van der Waals surface area contributed by atoms with Crippen LogP contribution in [0.15, 0.2) is 0 Å². The third kappa shape index (κ3) is 3.45. The van der Waals surface area contributed by atoms with E-state index >= 15 is 0 Å². The second kappa shape index (κ2) is 6.19. The molecule has 17 heavy (non-hydrogen) atoms. The standard InChI is InChI=1S/C15H30N2/c1-4-16-14-9-13(12(2)3)10-17(11-14)15-7-5-6-8-15/h12-16H,4-11H2,1-3H3. The minimum absolute atomic E-state index is 0.738. The predicted molar refractivity (Wildman–Crippen MR) is 74.2 cm³/mol. The van der Waals surface area contributed by atoms with Crippen molar-refractivity contribution < 1.29 is 0 Å². The van der Waals surface area contributed by atoms with E-state index in [0.29, 0.717) is 0 Å². The number of likely N-dealkylation sites (tertiary alicyclic amines) is 1. The van der Waals surface area contributed by atoms with Gasteiger partial charge in [0, 0.05) is 25.2 Å². The molecule has 2 atom stereocenters. The van der Waals surface area contributed by atoms with E-state index in [2.05, 4.69) is 31.0 Å². The van der Waals surface area contributed by atoms with Gasteiger partial charge in [-0.3, -0.25) is 4.90 Å². The third-order valence-electron chi connectivity index (χ3n) is 4.79. The Morgan fingerprint density at radius 1 is 1.18 bits per heavy atom. The van der Waals surface area contributed by atoms with E-state index in [1.54, 1.807) is 0 Å². The zero-order valence-electron chi connectivity index (χ0n) is 11.9. The second-order valence-electron chi connectivity index (χ2n) is 6.39. The van der Waals surface area contributed by atoms with Crippen molar-refractivity contribution in [1.82, 2.24) is 10.2 Å². The van der Waals surface area contributed by atoms with Crippen LogP contribution >= 0.6 is 0 Å². The van der Waals surface area contributed by atoms with Crippen molar-refractivity contribution in [3.63, 3.8) is 0 Å². The molecular weight excluding hydrogens is 208 g/mol. The number of nitrogens with zero attached hydrogens (tertiary/aromatic N) is 1. The summed E-state index contributed by atoms with van der Waals surface area (Å²) in [5, 5.41) is 3.68. The first kappa shape index (κ1) is 13.4. The monoisotopic (exact) mass is 238 g/mol. The summed E-state index contributed by atoms with van der Waals surface area (Å²) in [5.74, 6) is 1.73. The highest BCUT2D eigenvalue weighted by Crippen LogP contribution is 2.30. The number of nitrogens with one attached hydrogen (secondary N) is 1. The van der Waals surface area contributed by atoms with Crippen LogP contribution < -0.4 is 5.32 Å². The summed E-state index contributed by atoms with van der Waals surface area (Å²) in [5.41, 5.74) is 0. The minimum Gasteiger partial charge on any atom is -0.313 e. The molecule has 1 aliphatic carbocycles. The van der Waals surface area contributed by atoms with Crippen LogP contribution in [0.3, 0.4) is 0 Å². The maximum absolute atomic E-state index is 3.68. The van der Waals surface area contributed by atoms with Crippen molar-refractivity contribution in [2.75, 3.05) is 19.6 Å². The Kier molecular flexibility index (Phi) is 4.87. The molecule has 0 spiro atoms. The van der Waals surface area contributed by atoms with Gasteiger partial charge in [0.15, 0.2) is 0 Å². The second-order valence-corrected chi connectivity index (χ2v) is 6.39. The van der Waals surface area contributed by atoms with Crippen molar-refractivity contribution in [3.05, 3.63) is 0 Å². The number of piperidine rings is 1. The van der Waals surface area contributed by atoms with Gasteiger partial charge in [-0.2, -0.15) is 0 Å². The van der Waals surface area contributed by atoms with Crippen molar-refractivity contribution >= 4 is 0 Å². The average Bonchev–Trinajstić information content (AvgIpc) is 2.82. The number of hydrogen-bond donors (Lipinski definition) is 1. The molecule has 2 unspecified atom stereocenters. The highest BCUT2D eigenvalue weighted by Gasteiger charge is 2.33. The number of rotatable bonds is 4. The summed E-state index contributed by atoms with van der Waals surface area (Å²) in [6.07, 6.45) is 7.20. The zero-order chi connectivity index (χ0) is 12.3. The molecule has 1 N–H and O–H groups in total. The molecule has 0 amide bonds. The summed E-state index contributed by atoms with van der Waals surface area (Å²) < 4.78 is 0. The van der Waals surface area contributed by atoms with Gasteiger partial charge < -0.3 is 5.32 Å². The van der Waals surface area contributed by atoms with Crippen LogP contribution in [0.4, 0.5) is 0 Å². The highest BCUT2D eigenvalue weighted by atomic mass is 15.2. The van der Waals surface area contributed by atoms with E-state index in [-0.39, 0.29) is 0 Å². The largest absolute Gasteiger partial charge is 0.313 e. The Morgan fingerprint density at radius 3 is 2.47 bits per heavy atom. The van der Waals surface area contributed by atoms with Gasteiger partial charge >= 0.3 is 0 Å². The molecular formula is C15H30N2. The normalized spacial score (nSPS) is 32.5. The van der Waals surface area contributed by atoms with Crippen molar-refractivity contribution in [3.8, 4) is 0 Å². The van der Waals surface area contributed by atoms with Gasteiger partial charge in [0.05, 0.1) is 0 Å². The van der Waals surface area contributed by atoms with Gasteiger partial charge in [0.1, 0.15) is 0 Å². The fraction of sp³-hybridized carbons (Fsp3) is 1.00. The summed E-state index contributed by atoms with van der Waals surface area (Å²) in [4.78, 5) is 2.80. The molecule has 2 nitrogen and oxygen atoms in total. The molecule has 1 saturated carbocycles. The maximum Gasteiger partial charge on any atom is 0.0198 e. The molecule has 0 aromatic rings. The first-order valence-electron chi connectivity index (χ1n) is 7.68. The van der Waals surface area contributed by atoms with Gasteiger partial charge in [-0.1, -0.05) is 33.6 Å². The Balaban J connectivity index is 1.95. The minimum atomic E-state index is 0.738. The molecule has 0 aromatic carbocycles. The summed E-state index contributed by atoms with van der Waals surface area (Å²) >= 11 is 0. The molecule has 2 rings (SSSR count). The van der Waals surface area contributed by atoms with Gasteiger partial charge in [-0.15, -0.1) is 0 Å². The molecule has 100 valence electrons. The Bertz CT molecular complexity index is 221. The molecule has 0 radical (unpaired) electrons. The first-order valence-corrected chi connectivity index (χ1v) is 7.68. The molecule has 1 heterocycles. The summed E-state index contributed by atoms with van der Waals surface area (Å²) in [6, 6.07) is 1.64. The molecule has 1 saturated heterocycles. The van der Waals surface area contributed by atoms with Gasteiger partial charge in [-0.25, -0.2) is 0 Å². The lowest BCUT2D eigenvalue weighted by molar-refractivity contribution is 0.0806. The van der Waals surface area contributed by atoms with E-state index < -0.39 is 0 Å². The van der Waals surface area contributed by atoms with Crippen molar-refractivity contribution in [1.29, 1.82) is 0 Å². The van der Waals surface area contributed by atoms with Crippen LogP contribution in [-0.4, -0.2) is 36.6 Å². The van der Waals surface area contributed by atoms with Crippen LogP contribution in [0.2, 0.25) is 0 Å². The lowest BCUT2D eigenvalue weighted by atomic mass is 9.84. The molecule has 2 aliphatic rings. The van der Waals surface area contributed by atoms with E-state index in [0.717, 1.165) is 30.5 Å². The molecule has 0 bridgehead atoms. The first-order chi connectivity index (χ1) is 8.20. The fourth-order valence-corrected chi connectivity index (χ4v) is 3.66. The van der Waals surface area contributed by atoms with Gasteiger partial charge in [0.2, 0.25) is 0 Å². The highest BCUT2D eigenvalue weighted by molar-refractivity contribution is 4.89. The van der Waals surface area contributed by atoms with Gasteiger partial charge in [-0.05, 0) is 37.6 Å². The lowest BCUT2D eigenvalue weighted by Gasteiger charge is -2.42. The topological polar surface area (TPSA) is 15.3 Å². The Labute approximate surface area is 107 Å². The molecule has 2 heteroatoms. The number of hydrogen-bond acceptors (Lipinski definition) is 2. The molecule has 2 fully saturated rings.